The molecule has 1 aliphatic heterocycles. The minimum Gasteiger partial charge on any atom is -0.477 e. The number of anilines is 1. The van der Waals surface area contributed by atoms with Crippen LogP contribution in [0.4, 0.5) is 5.69 Å². The van der Waals surface area contributed by atoms with Crippen LogP contribution in [0, 0.1) is 25.2 Å². The van der Waals surface area contributed by atoms with E-state index in [1.807, 2.05) is 60.7 Å². The van der Waals surface area contributed by atoms with Crippen molar-refractivity contribution in [3.8, 4) is 17.0 Å². The molecule has 0 unspecified atom stereocenters. The molecule has 2 aromatic rings. The quantitative estimate of drug-likeness (QED) is 0.311. The average molecular weight is 540 g/mol. The number of ether oxygens (including phenoxy) is 3. The van der Waals surface area contributed by atoms with Crippen LogP contribution in [-0.4, -0.2) is 47.3 Å². The maximum atomic E-state index is 13.6. The van der Waals surface area contributed by atoms with Crippen molar-refractivity contribution < 1.29 is 19.0 Å². The lowest BCUT2D eigenvalue weighted by Crippen LogP contribution is -2.39. The van der Waals surface area contributed by atoms with Crippen molar-refractivity contribution in [2.24, 2.45) is 11.3 Å². The summed E-state index contributed by atoms with van der Waals surface area (Å²) in [6.07, 6.45) is 2.84. The van der Waals surface area contributed by atoms with Crippen molar-refractivity contribution in [1.82, 2.24) is 9.97 Å². The molecule has 2 aromatic heterocycles. The Bertz CT molecular complexity index is 1140. The van der Waals surface area contributed by atoms with E-state index in [-0.39, 0.29) is 11.5 Å². The van der Waals surface area contributed by atoms with Gasteiger partial charge in [-0.1, -0.05) is 27.7 Å². The third-order valence-corrected chi connectivity index (χ3v) is 6.94. The highest BCUT2D eigenvalue weighted by molar-refractivity contribution is 5.87. The van der Waals surface area contributed by atoms with Gasteiger partial charge in [-0.05, 0) is 78.7 Å². The maximum Gasteiger partial charge on any atom is 0.340 e. The molecule has 0 amide bonds. The smallest absolute Gasteiger partial charge is 0.340 e. The summed E-state index contributed by atoms with van der Waals surface area (Å²) in [6.45, 7) is 24.8. The predicted molar refractivity (Wildman–Crippen MR) is 157 cm³/mol. The van der Waals surface area contributed by atoms with E-state index >= 15 is 0 Å². The number of rotatable bonds is 9. The van der Waals surface area contributed by atoms with Crippen LogP contribution in [-0.2, 0) is 14.3 Å². The van der Waals surface area contributed by atoms with Crippen LogP contribution < -0.4 is 9.64 Å². The number of hydrogen-bond acceptors (Lipinski definition) is 7. The van der Waals surface area contributed by atoms with Gasteiger partial charge in [0.25, 0.3) is 0 Å². The normalized spacial score (nSPS) is 16.5. The lowest BCUT2D eigenvalue weighted by Gasteiger charge is -2.41. The summed E-state index contributed by atoms with van der Waals surface area (Å²) >= 11 is 0. The molecule has 0 saturated carbocycles. The SMILES string of the molecule is Cc1nc(OCC(C)C)ccc1-c1cnc(C)c([C@H](OC(C)(C)C)C(=O)OC(C)C)c1N1CCC(C)(C)CC1. The molecule has 216 valence electrons. The van der Waals surface area contributed by atoms with E-state index in [0.717, 1.165) is 59.7 Å². The number of aryl methyl sites for hydroxylation is 2. The molecule has 0 aromatic carbocycles. The number of carbonyl (C=O) groups excluding carboxylic acids is 1. The van der Waals surface area contributed by atoms with Gasteiger partial charge in [0, 0.05) is 53.4 Å². The predicted octanol–water partition coefficient (Wildman–Crippen LogP) is 7.23. The van der Waals surface area contributed by atoms with Crippen molar-refractivity contribution in [3.05, 3.63) is 35.3 Å². The van der Waals surface area contributed by atoms with Crippen LogP contribution in [0.25, 0.3) is 11.1 Å². The van der Waals surface area contributed by atoms with Crippen molar-refractivity contribution in [2.75, 3.05) is 24.6 Å². The lowest BCUT2D eigenvalue weighted by atomic mass is 9.82. The highest BCUT2D eigenvalue weighted by Crippen LogP contribution is 2.44. The molecule has 1 saturated heterocycles. The first-order valence-electron chi connectivity index (χ1n) is 14.3. The number of aromatic nitrogens is 2. The van der Waals surface area contributed by atoms with Gasteiger partial charge >= 0.3 is 5.97 Å². The number of piperidine rings is 1. The molecule has 3 rings (SSSR count). The van der Waals surface area contributed by atoms with Crippen LogP contribution in [0.1, 0.15) is 98.2 Å². The van der Waals surface area contributed by atoms with Crippen LogP contribution in [0.5, 0.6) is 5.88 Å². The van der Waals surface area contributed by atoms with Gasteiger partial charge in [-0.3, -0.25) is 4.98 Å². The summed E-state index contributed by atoms with van der Waals surface area (Å²) in [5.74, 6) is 0.629. The molecule has 0 radical (unpaired) electrons. The monoisotopic (exact) mass is 539 g/mol. The molecule has 7 nitrogen and oxygen atoms in total. The fourth-order valence-electron chi connectivity index (χ4n) is 4.82. The summed E-state index contributed by atoms with van der Waals surface area (Å²) in [5.41, 5.74) is 4.96. The number of nitrogens with zero attached hydrogens (tertiary/aromatic N) is 3. The van der Waals surface area contributed by atoms with Crippen LogP contribution in [0.15, 0.2) is 18.3 Å². The van der Waals surface area contributed by atoms with E-state index in [1.165, 1.54) is 0 Å². The van der Waals surface area contributed by atoms with Gasteiger partial charge in [-0.15, -0.1) is 0 Å². The Morgan fingerprint density at radius 2 is 1.67 bits per heavy atom. The summed E-state index contributed by atoms with van der Waals surface area (Å²) in [6, 6.07) is 3.97. The molecule has 3 heterocycles. The zero-order valence-electron chi connectivity index (χ0n) is 26.0. The maximum absolute atomic E-state index is 13.6. The van der Waals surface area contributed by atoms with Crippen LogP contribution in [0.3, 0.4) is 0 Å². The Morgan fingerprint density at radius 1 is 1.03 bits per heavy atom. The third-order valence-electron chi connectivity index (χ3n) is 6.94. The molecule has 1 atom stereocenters. The highest BCUT2D eigenvalue weighted by atomic mass is 16.6. The third kappa shape index (κ3) is 8.17. The standard InChI is InChI=1S/C32H49N3O4/c1-20(2)19-37-26-13-12-24(22(5)34-26)25-18-33-23(6)27(28(25)35-16-14-32(10,11)15-17-35)29(39-31(7,8)9)30(36)38-21(3)4/h12-13,18,20-21,29H,14-17,19H2,1-11H3/t29-/m0/s1. The van der Waals surface area contributed by atoms with Crippen molar-refractivity contribution in [2.45, 2.75) is 107 Å². The van der Waals surface area contributed by atoms with Gasteiger partial charge in [-0.25, -0.2) is 9.78 Å². The molecule has 0 N–H and O–H groups in total. The Morgan fingerprint density at radius 3 is 2.21 bits per heavy atom. The second-order valence-electron chi connectivity index (χ2n) is 13.3. The minimum absolute atomic E-state index is 0.260. The molecule has 1 fully saturated rings. The largest absolute Gasteiger partial charge is 0.477 e. The topological polar surface area (TPSA) is 73.8 Å². The van der Waals surface area contributed by atoms with Crippen molar-refractivity contribution in [1.29, 1.82) is 0 Å². The van der Waals surface area contributed by atoms with Gasteiger partial charge < -0.3 is 19.1 Å². The molecular formula is C32H49N3O4. The van der Waals surface area contributed by atoms with Crippen LogP contribution >= 0.6 is 0 Å². The second-order valence-corrected chi connectivity index (χ2v) is 13.3. The first kappa shape index (κ1) is 30.9. The van der Waals surface area contributed by atoms with Gasteiger partial charge in [0.2, 0.25) is 5.88 Å². The highest BCUT2D eigenvalue weighted by Gasteiger charge is 2.37. The summed E-state index contributed by atoms with van der Waals surface area (Å²) in [5, 5.41) is 0. The fraction of sp³-hybridized carbons (Fsp3) is 0.656. The Kier molecular flexibility index (Phi) is 9.69. The van der Waals surface area contributed by atoms with Gasteiger partial charge in [0.05, 0.1) is 24.0 Å². The van der Waals surface area contributed by atoms with E-state index in [4.69, 9.17) is 24.2 Å². The number of hydrogen-bond donors (Lipinski definition) is 0. The molecule has 39 heavy (non-hydrogen) atoms. The summed E-state index contributed by atoms with van der Waals surface area (Å²) in [7, 11) is 0. The minimum atomic E-state index is -0.910. The summed E-state index contributed by atoms with van der Waals surface area (Å²) < 4.78 is 18.1. The van der Waals surface area contributed by atoms with Crippen LogP contribution in [0.2, 0.25) is 0 Å². The molecule has 7 heteroatoms. The first-order chi connectivity index (χ1) is 18.1. The molecule has 0 spiro atoms. The second kappa shape index (κ2) is 12.2. The first-order valence-corrected chi connectivity index (χ1v) is 14.3. The average Bonchev–Trinajstić information content (AvgIpc) is 2.81. The number of carbonyl (C=O) groups is 1. The Labute approximate surface area is 235 Å². The van der Waals surface area contributed by atoms with E-state index in [1.54, 1.807) is 0 Å². The van der Waals surface area contributed by atoms with E-state index < -0.39 is 17.7 Å². The molecule has 0 bridgehead atoms. The van der Waals surface area contributed by atoms with E-state index in [9.17, 15) is 4.79 Å². The molecule has 1 aliphatic rings. The Balaban J connectivity index is 2.22. The van der Waals surface area contributed by atoms with Crippen molar-refractivity contribution >= 4 is 11.7 Å². The van der Waals surface area contributed by atoms with Crippen molar-refractivity contribution in [3.63, 3.8) is 0 Å². The summed E-state index contributed by atoms with van der Waals surface area (Å²) in [4.78, 5) is 25.6. The van der Waals surface area contributed by atoms with Gasteiger partial charge in [0.15, 0.2) is 6.10 Å². The fourth-order valence-corrected chi connectivity index (χ4v) is 4.82. The van der Waals surface area contributed by atoms with E-state index in [2.05, 4.69) is 38.7 Å². The van der Waals surface area contributed by atoms with Gasteiger partial charge in [-0.2, -0.15) is 0 Å². The number of pyridine rings is 2. The van der Waals surface area contributed by atoms with E-state index in [0.29, 0.717) is 18.4 Å². The number of esters is 1. The lowest BCUT2D eigenvalue weighted by molar-refractivity contribution is -0.171. The molecular weight excluding hydrogens is 490 g/mol. The Hall–Kier alpha value is -2.67. The molecule has 0 aliphatic carbocycles. The van der Waals surface area contributed by atoms with Gasteiger partial charge in [0.1, 0.15) is 0 Å². The zero-order chi connectivity index (χ0) is 29.1. The zero-order valence-corrected chi connectivity index (χ0v) is 26.0.